The second-order valence-electron chi connectivity index (χ2n) is 5.16. The van der Waals surface area contributed by atoms with Crippen molar-refractivity contribution in [2.75, 3.05) is 6.54 Å². The van der Waals surface area contributed by atoms with Crippen LogP contribution in [0.1, 0.15) is 20.8 Å². The lowest BCUT2D eigenvalue weighted by Gasteiger charge is -2.04. The molecule has 4 heteroatoms. The Balaban J connectivity index is 1.73. The van der Waals surface area contributed by atoms with Gasteiger partial charge in [0.2, 0.25) is 0 Å². The largest absolute Gasteiger partial charge is 0.351 e. The van der Waals surface area contributed by atoms with E-state index in [4.69, 9.17) is 0 Å². The summed E-state index contributed by atoms with van der Waals surface area (Å²) in [5.41, 5.74) is 1.90. The highest BCUT2D eigenvalue weighted by Crippen LogP contribution is 2.32. The Morgan fingerprint density at radius 2 is 1.91 bits per heavy atom. The zero-order valence-corrected chi connectivity index (χ0v) is 13.0. The number of amides is 1. The van der Waals surface area contributed by atoms with Gasteiger partial charge < -0.3 is 5.32 Å². The maximum absolute atomic E-state index is 13.9. The minimum atomic E-state index is -0.269. The van der Waals surface area contributed by atoms with Crippen LogP contribution in [0.25, 0.3) is 10.1 Å². The van der Waals surface area contributed by atoms with E-state index in [-0.39, 0.29) is 11.7 Å². The number of aryl methyl sites for hydroxylation is 1. The van der Waals surface area contributed by atoms with Crippen LogP contribution in [0.2, 0.25) is 0 Å². The molecular weight excluding hydrogens is 297 g/mol. The maximum atomic E-state index is 13.9. The SMILES string of the molecule is Cc1c(C(=O)NCCc2ccccc2)sc2cccc(F)c12. The maximum Gasteiger partial charge on any atom is 0.261 e. The third-order valence-electron chi connectivity index (χ3n) is 3.65. The number of benzene rings is 2. The fourth-order valence-corrected chi connectivity index (χ4v) is 3.65. The van der Waals surface area contributed by atoms with Crippen LogP contribution in [0.3, 0.4) is 0 Å². The Hall–Kier alpha value is -2.20. The number of carbonyl (C=O) groups is 1. The van der Waals surface area contributed by atoms with Gasteiger partial charge in [0.25, 0.3) is 5.91 Å². The molecule has 0 unspecified atom stereocenters. The smallest absolute Gasteiger partial charge is 0.261 e. The van der Waals surface area contributed by atoms with Crippen LogP contribution in [0.4, 0.5) is 4.39 Å². The Labute approximate surface area is 132 Å². The average Bonchev–Trinajstić information content (AvgIpc) is 2.87. The molecule has 0 saturated heterocycles. The summed E-state index contributed by atoms with van der Waals surface area (Å²) in [7, 11) is 0. The van der Waals surface area contributed by atoms with Gasteiger partial charge in [-0.1, -0.05) is 36.4 Å². The lowest BCUT2D eigenvalue weighted by Crippen LogP contribution is -2.25. The molecule has 0 radical (unpaired) electrons. The number of nitrogens with one attached hydrogen (secondary N) is 1. The molecule has 3 aromatic rings. The fourth-order valence-electron chi connectivity index (χ4n) is 2.52. The molecule has 0 fully saturated rings. The summed E-state index contributed by atoms with van der Waals surface area (Å²) in [5, 5.41) is 3.47. The van der Waals surface area contributed by atoms with Crippen LogP contribution >= 0.6 is 11.3 Å². The monoisotopic (exact) mass is 313 g/mol. The lowest BCUT2D eigenvalue weighted by atomic mass is 10.1. The first kappa shape index (κ1) is 14.7. The number of hydrogen-bond acceptors (Lipinski definition) is 2. The van der Waals surface area contributed by atoms with Crippen molar-refractivity contribution in [2.24, 2.45) is 0 Å². The zero-order valence-electron chi connectivity index (χ0n) is 12.2. The summed E-state index contributed by atoms with van der Waals surface area (Å²) >= 11 is 1.34. The zero-order chi connectivity index (χ0) is 15.5. The number of thiophene rings is 1. The first-order valence-electron chi connectivity index (χ1n) is 7.16. The molecule has 0 aliphatic carbocycles. The molecule has 22 heavy (non-hydrogen) atoms. The molecule has 0 saturated carbocycles. The van der Waals surface area contributed by atoms with Crippen LogP contribution in [-0.2, 0) is 6.42 Å². The molecule has 0 aliphatic rings. The highest BCUT2D eigenvalue weighted by Gasteiger charge is 2.17. The summed E-state index contributed by atoms with van der Waals surface area (Å²) in [5.74, 6) is -0.399. The predicted octanol–water partition coefficient (Wildman–Crippen LogP) is 4.32. The molecule has 1 aromatic heterocycles. The molecular formula is C18H16FNOS. The normalized spacial score (nSPS) is 10.8. The van der Waals surface area contributed by atoms with E-state index in [0.29, 0.717) is 16.8 Å². The molecule has 3 rings (SSSR count). The van der Waals surface area contributed by atoms with Crippen molar-refractivity contribution in [1.82, 2.24) is 5.32 Å². The number of fused-ring (bicyclic) bond motifs is 1. The molecule has 0 atom stereocenters. The van der Waals surface area contributed by atoms with E-state index >= 15 is 0 Å². The second kappa shape index (κ2) is 6.28. The Kier molecular flexibility index (Phi) is 4.20. The topological polar surface area (TPSA) is 29.1 Å². The van der Waals surface area contributed by atoms with Crippen molar-refractivity contribution in [2.45, 2.75) is 13.3 Å². The lowest BCUT2D eigenvalue weighted by molar-refractivity contribution is 0.0957. The van der Waals surface area contributed by atoms with E-state index in [1.807, 2.05) is 36.4 Å². The standard InChI is InChI=1S/C18H16FNOS/c1-12-16-14(19)8-5-9-15(16)22-17(12)18(21)20-11-10-13-6-3-2-4-7-13/h2-9H,10-11H2,1H3,(H,20,21). The molecule has 2 aromatic carbocycles. The summed E-state index contributed by atoms with van der Waals surface area (Å²) in [6.07, 6.45) is 0.783. The van der Waals surface area contributed by atoms with E-state index in [1.165, 1.54) is 23.0 Å². The molecule has 1 heterocycles. The van der Waals surface area contributed by atoms with Gasteiger partial charge in [-0.2, -0.15) is 0 Å². The summed E-state index contributed by atoms with van der Waals surface area (Å²) in [4.78, 5) is 12.9. The number of hydrogen-bond donors (Lipinski definition) is 1. The van der Waals surface area contributed by atoms with Crippen LogP contribution in [0.15, 0.2) is 48.5 Å². The van der Waals surface area contributed by atoms with Crippen LogP contribution in [-0.4, -0.2) is 12.5 Å². The third-order valence-corrected chi connectivity index (χ3v) is 4.91. The molecule has 0 bridgehead atoms. The first-order chi connectivity index (χ1) is 10.7. The number of rotatable bonds is 4. The Bertz CT molecular complexity index is 811. The third kappa shape index (κ3) is 2.88. The van der Waals surface area contributed by atoms with Gasteiger partial charge in [-0.25, -0.2) is 4.39 Å². The molecule has 112 valence electrons. The molecule has 2 nitrogen and oxygen atoms in total. The van der Waals surface area contributed by atoms with Gasteiger partial charge in [0.05, 0.1) is 4.88 Å². The van der Waals surface area contributed by atoms with E-state index < -0.39 is 0 Å². The van der Waals surface area contributed by atoms with Crippen LogP contribution in [0, 0.1) is 12.7 Å². The molecule has 1 amide bonds. The van der Waals surface area contributed by atoms with E-state index in [2.05, 4.69) is 5.32 Å². The van der Waals surface area contributed by atoms with Crippen molar-refractivity contribution in [1.29, 1.82) is 0 Å². The number of carbonyl (C=O) groups excluding carboxylic acids is 1. The molecule has 0 spiro atoms. The van der Waals surface area contributed by atoms with Gasteiger partial charge in [-0.3, -0.25) is 4.79 Å². The Morgan fingerprint density at radius 3 is 2.64 bits per heavy atom. The predicted molar refractivity (Wildman–Crippen MR) is 89.0 cm³/mol. The van der Waals surface area contributed by atoms with Gasteiger partial charge in [-0.15, -0.1) is 11.3 Å². The highest BCUT2D eigenvalue weighted by molar-refractivity contribution is 7.21. The van der Waals surface area contributed by atoms with Gasteiger partial charge in [0.1, 0.15) is 5.82 Å². The van der Waals surface area contributed by atoms with Crippen molar-refractivity contribution in [3.8, 4) is 0 Å². The minimum Gasteiger partial charge on any atom is -0.351 e. The fraction of sp³-hybridized carbons (Fsp3) is 0.167. The van der Waals surface area contributed by atoms with Crippen molar-refractivity contribution < 1.29 is 9.18 Å². The van der Waals surface area contributed by atoms with Crippen LogP contribution < -0.4 is 5.32 Å². The first-order valence-corrected chi connectivity index (χ1v) is 7.98. The molecule has 1 N–H and O–H groups in total. The van der Waals surface area contributed by atoms with Gasteiger partial charge in [0.15, 0.2) is 0 Å². The average molecular weight is 313 g/mol. The Morgan fingerprint density at radius 1 is 1.14 bits per heavy atom. The quantitative estimate of drug-likeness (QED) is 0.763. The minimum absolute atomic E-state index is 0.131. The van der Waals surface area contributed by atoms with Gasteiger partial charge in [0, 0.05) is 16.6 Å². The van der Waals surface area contributed by atoms with Gasteiger partial charge in [-0.05, 0) is 36.6 Å². The number of halogens is 1. The van der Waals surface area contributed by atoms with Gasteiger partial charge >= 0.3 is 0 Å². The van der Waals surface area contributed by atoms with Crippen molar-refractivity contribution in [3.05, 3.63) is 70.4 Å². The summed E-state index contributed by atoms with van der Waals surface area (Å²) in [6, 6.07) is 14.9. The van der Waals surface area contributed by atoms with Crippen molar-refractivity contribution >= 4 is 27.3 Å². The van der Waals surface area contributed by atoms with E-state index in [0.717, 1.165) is 16.7 Å². The van der Waals surface area contributed by atoms with E-state index in [9.17, 15) is 9.18 Å². The summed E-state index contributed by atoms with van der Waals surface area (Å²) in [6.45, 7) is 2.37. The van der Waals surface area contributed by atoms with E-state index in [1.54, 1.807) is 13.0 Å². The van der Waals surface area contributed by atoms with Crippen molar-refractivity contribution in [3.63, 3.8) is 0 Å². The second-order valence-corrected chi connectivity index (χ2v) is 6.21. The summed E-state index contributed by atoms with van der Waals surface area (Å²) < 4.78 is 14.7. The highest BCUT2D eigenvalue weighted by atomic mass is 32.1. The van der Waals surface area contributed by atoms with Crippen LogP contribution in [0.5, 0.6) is 0 Å². The molecule has 0 aliphatic heterocycles.